The van der Waals surface area contributed by atoms with Crippen molar-refractivity contribution in [3.8, 4) is 29.1 Å². The highest BCUT2D eigenvalue weighted by Crippen LogP contribution is 2.41. The summed E-state index contributed by atoms with van der Waals surface area (Å²) in [5.41, 5.74) is 1.53. The van der Waals surface area contributed by atoms with E-state index in [1.807, 2.05) is 6.07 Å². The van der Waals surface area contributed by atoms with E-state index in [9.17, 15) is 15.4 Å². The zero-order chi connectivity index (χ0) is 20.0. The topological polar surface area (TPSA) is 104 Å². The van der Waals surface area contributed by atoms with Crippen LogP contribution in [-0.2, 0) is 0 Å². The van der Waals surface area contributed by atoms with Crippen LogP contribution in [0.2, 0.25) is 0 Å². The molecule has 140 valence electrons. The smallest absolute Gasteiger partial charge is 0.310 e. The van der Waals surface area contributed by atoms with Gasteiger partial charge in [0.05, 0.1) is 39.4 Å². The molecule has 0 aliphatic heterocycles. The normalized spacial score (nSPS) is 10.7. The van der Waals surface area contributed by atoms with Gasteiger partial charge in [0.1, 0.15) is 0 Å². The monoisotopic (exact) mass is 370 g/mol. The van der Waals surface area contributed by atoms with Crippen LogP contribution in [0.4, 0.5) is 5.69 Å². The molecule has 2 aromatic rings. The van der Waals surface area contributed by atoms with E-state index >= 15 is 0 Å². The van der Waals surface area contributed by atoms with Crippen LogP contribution in [0.1, 0.15) is 11.1 Å². The van der Waals surface area contributed by atoms with Crippen LogP contribution < -0.4 is 18.9 Å². The van der Waals surface area contributed by atoms with Gasteiger partial charge in [0, 0.05) is 12.1 Å². The number of nitro groups is 1. The Balaban J connectivity index is 2.68. The molecule has 0 heterocycles. The Morgan fingerprint density at radius 1 is 0.963 bits per heavy atom. The van der Waals surface area contributed by atoms with Crippen LogP contribution in [0.25, 0.3) is 5.57 Å². The largest absolute Gasteiger partial charge is 0.493 e. The molecule has 0 radical (unpaired) electrons. The van der Waals surface area contributed by atoms with Gasteiger partial charge in [0.25, 0.3) is 0 Å². The van der Waals surface area contributed by atoms with Gasteiger partial charge in [-0.05, 0) is 41.0 Å². The molecule has 8 heteroatoms. The lowest BCUT2D eigenvalue weighted by Crippen LogP contribution is -1.99. The molecule has 0 spiro atoms. The third-order valence-corrected chi connectivity index (χ3v) is 3.87. The van der Waals surface area contributed by atoms with Crippen LogP contribution in [0.3, 0.4) is 0 Å². The van der Waals surface area contributed by atoms with Crippen LogP contribution in [0.5, 0.6) is 23.0 Å². The summed E-state index contributed by atoms with van der Waals surface area (Å²) in [5.74, 6) is 1.35. The first-order valence-corrected chi connectivity index (χ1v) is 7.73. The van der Waals surface area contributed by atoms with Gasteiger partial charge in [-0.25, -0.2) is 0 Å². The molecule has 0 fully saturated rings. The van der Waals surface area contributed by atoms with Crippen molar-refractivity contribution in [2.24, 2.45) is 0 Å². The number of nitriles is 1. The minimum Gasteiger partial charge on any atom is -0.493 e. The van der Waals surface area contributed by atoms with Crippen molar-refractivity contribution in [2.45, 2.75) is 0 Å². The van der Waals surface area contributed by atoms with E-state index in [1.54, 1.807) is 18.2 Å². The van der Waals surface area contributed by atoms with Crippen LogP contribution in [0.15, 0.2) is 36.4 Å². The average Bonchev–Trinajstić information content (AvgIpc) is 2.70. The van der Waals surface area contributed by atoms with E-state index in [0.717, 1.165) is 0 Å². The zero-order valence-electron chi connectivity index (χ0n) is 15.3. The zero-order valence-corrected chi connectivity index (χ0v) is 15.3. The lowest BCUT2D eigenvalue weighted by molar-refractivity contribution is -0.385. The third kappa shape index (κ3) is 3.93. The molecule has 0 amide bonds. The Morgan fingerprint density at radius 2 is 1.52 bits per heavy atom. The van der Waals surface area contributed by atoms with Gasteiger partial charge in [0.15, 0.2) is 17.2 Å². The fourth-order valence-corrected chi connectivity index (χ4v) is 2.63. The quantitative estimate of drug-likeness (QED) is 0.417. The molecule has 2 aromatic carbocycles. The van der Waals surface area contributed by atoms with E-state index in [1.165, 1.54) is 46.6 Å². The van der Waals surface area contributed by atoms with Gasteiger partial charge in [-0.2, -0.15) is 5.26 Å². The maximum atomic E-state index is 11.1. The summed E-state index contributed by atoms with van der Waals surface area (Å²) >= 11 is 0. The Kier molecular flexibility index (Phi) is 6.23. The van der Waals surface area contributed by atoms with E-state index in [4.69, 9.17) is 18.9 Å². The number of methoxy groups -OCH3 is 4. The summed E-state index contributed by atoms with van der Waals surface area (Å²) in [7, 11) is 5.82. The number of nitrogens with zero attached hydrogens (tertiary/aromatic N) is 2. The van der Waals surface area contributed by atoms with Gasteiger partial charge in [-0.3, -0.25) is 10.1 Å². The van der Waals surface area contributed by atoms with Crippen molar-refractivity contribution in [3.05, 3.63) is 57.6 Å². The SMILES string of the molecule is COc1cc(C(=CC#N)c2cc(OC)c(OC)c(OC)c2)ccc1[N+](=O)[O-]. The van der Waals surface area contributed by atoms with Crippen LogP contribution in [0, 0.1) is 21.4 Å². The van der Waals surface area contributed by atoms with E-state index in [0.29, 0.717) is 33.9 Å². The number of hydrogen-bond acceptors (Lipinski definition) is 7. The number of hydrogen-bond donors (Lipinski definition) is 0. The number of benzene rings is 2. The van der Waals surface area contributed by atoms with Crippen molar-refractivity contribution in [2.75, 3.05) is 28.4 Å². The van der Waals surface area contributed by atoms with Gasteiger partial charge >= 0.3 is 5.69 Å². The number of allylic oxidation sites excluding steroid dienone is 1. The highest BCUT2D eigenvalue weighted by molar-refractivity contribution is 5.84. The van der Waals surface area contributed by atoms with E-state index in [2.05, 4.69) is 0 Å². The molecule has 0 bridgehead atoms. The highest BCUT2D eigenvalue weighted by Gasteiger charge is 2.19. The minimum absolute atomic E-state index is 0.0915. The maximum absolute atomic E-state index is 11.1. The Bertz CT molecular complexity index is 905. The predicted molar refractivity (Wildman–Crippen MR) is 98.4 cm³/mol. The molecule has 0 saturated carbocycles. The standard InChI is InChI=1S/C19H18N2O6/c1-24-16-9-12(5-6-15(16)21(22)23)14(7-8-20)13-10-17(25-2)19(27-4)18(11-13)26-3/h5-7,9-11H,1-4H3. The second-order valence-electron chi connectivity index (χ2n) is 5.24. The molecule has 0 N–H and O–H groups in total. The molecule has 8 nitrogen and oxygen atoms in total. The molecule has 2 rings (SSSR count). The summed E-state index contributed by atoms with van der Waals surface area (Å²) < 4.78 is 21.1. The first kappa shape index (κ1) is 19.6. The summed E-state index contributed by atoms with van der Waals surface area (Å²) in [6, 6.07) is 9.76. The molecule has 0 aromatic heterocycles. The summed E-state index contributed by atoms with van der Waals surface area (Å²) in [6.07, 6.45) is 1.33. The van der Waals surface area contributed by atoms with Crippen molar-refractivity contribution in [3.63, 3.8) is 0 Å². The third-order valence-electron chi connectivity index (χ3n) is 3.87. The number of nitro benzene ring substituents is 1. The molecule has 0 aliphatic rings. The van der Waals surface area contributed by atoms with E-state index < -0.39 is 4.92 Å². The molecular formula is C19H18N2O6. The summed E-state index contributed by atoms with van der Waals surface area (Å²) in [4.78, 5) is 10.6. The van der Waals surface area contributed by atoms with E-state index in [-0.39, 0.29) is 11.4 Å². The first-order valence-electron chi connectivity index (χ1n) is 7.73. The predicted octanol–water partition coefficient (Wildman–Crippen LogP) is 3.58. The molecule has 0 unspecified atom stereocenters. The van der Waals surface area contributed by atoms with Crippen molar-refractivity contribution >= 4 is 11.3 Å². The summed E-state index contributed by atoms with van der Waals surface area (Å²) in [6.45, 7) is 0. The molecule has 27 heavy (non-hydrogen) atoms. The van der Waals surface area contributed by atoms with Crippen molar-refractivity contribution < 1.29 is 23.9 Å². The molecular weight excluding hydrogens is 352 g/mol. The average molecular weight is 370 g/mol. The van der Waals surface area contributed by atoms with Gasteiger partial charge in [-0.15, -0.1) is 0 Å². The Morgan fingerprint density at radius 3 is 1.96 bits per heavy atom. The fraction of sp³-hybridized carbons (Fsp3) is 0.211. The number of ether oxygens (including phenoxy) is 4. The molecule has 0 aliphatic carbocycles. The van der Waals surface area contributed by atoms with Gasteiger partial charge < -0.3 is 18.9 Å². The second-order valence-corrected chi connectivity index (χ2v) is 5.24. The Hall–Kier alpha value is -3.73. The maximum Gasteiger partial charge on any atom is 0.310 e. The lowest BCUT2D eigenvalue weighted by Gasteiger charge is -2.16. The van der Waals surface area contributed by atoms with Crippen molar-refractivity contribution in [1.29, 1.82) is 5.26 Å². The Labute approximate surface area is 156 Å². The molecule has 0 atom stereocenters. The number of rotatable bonds is 7. The summed E-state index contributed by atoms with van der Waals surface area (Å²) in [5, 5.41) is 20.3. The second kappa shape index (κ2) is 8.58. The van der Waals surface area contributed by atoms with Crippen LogP contribution in [-0.4, -0.2) is 33.4 Å². The molecule has 0 saturated heterocycles. The van der Waals surface area contributed by atoms with Gasteiger partial charge in [-0.1, -0.05) is 0 Å². The van der Waals surface area contributed by atoms with Gasteiger partial charge in [0.2, 0.25) is 5.75 Å². The highest BCUT2D eigenvalue weighted by atomic mass is 16.6. The van der Waals surface area contributed by atoms with Crippen molar-refractivity contribution in [1.82, 2.24) is 0 Å². The minimum atomic E-state index is -0.532. The van der Waals surface area contributed by atoms with Crippen LogP contribution >= 0.6 is 0 Å². The first-order chi connectivity index (χ1) is 13.0. The fourth-order valence-electron chi connectivity index (χ4n) is 2.63. The lowest BCUT2D eigenvalue weighted by atomic mass is 9.96.